The van der Waals surface area contributed by atoms with E-state index in [1.165, 1.54) is 18.4 Å². The number of fused-ring (bicyclic) bond motifs is 1. The molecule has 88 valence electrons. The zero-order valence-electron chi connectivity index (χ0n) is 9.78. The van der Waals surface area contributed by atoms with Crippen LogP contribution in [0.2, 0.25) is 0 Å². The molecule has 3 aliphatic rings. The number of nitrogens with zero attached hydrogens (tertiary/aromatic N) is 2. The molecule has 4 heteroatoms. The van der Waals surface area contributed by atoms with Gasteiger partial charge in [-0.25, -0.2) is 0 Å². The molecule has 0 bridgehead atoms. The maximum atomic E-state index is 11.9. The number of carbonyl (C=O) groups is 1. The van der Waals surface area contributed by atoms with E-state index in [1.54, 1.807) is 0 Å². The van der Waals surface area contributed by atoms with Crippen molar-refractivity contribution < 1.29 is 4.79 Å². The average molecular weight is 221 g/mol. The zero-order chi connectivity index (χ0) is 11.3. The lowest BCUT2D eigenvalue weighted by Gasteiger charge is -2.35. The lowest BCUT2D eigenvalue weighted by atomic mass is 10.0. The first-order valence-corrected chi connectivity index (χ1v) is 6.18. The van der Waals surface area contributed by atoms with Crippen LogP contribution in [-0.2, 0) is 4.79 Å². The van der Waals surface area contributed by atoms with Crippen LogP contribution in [0.1, 0.15) is 25.7 Å². The number of rotatable bonds is 2. The van der Waals surface area contributed by atoms with Crippen molar-refractivity contribution in [3.8, 4) is 0 Å². The summed E-state index contributed by atoms with van der Waals surface area (Å²) in [6, 6.07) is 0.115. The second kappa shape index (κ2) is 3.48. The van der Waals surface area contributed by atoms with E-state index in [0.29, 0.717) is 12.3 Å². The molecule has 0 radical (unpaired) electrons. The highest BCUT2D eigenvalue weighted by Gasteiger charge is 2.41. The molecule has 0 aromatic carbocycles. The standard InChI is InChI=1S/C12H19N3O/c1-14-5-2-6-15-10(16)7-9(12(14)15)11(13)8-3-4-8/h8,11H,2-7,13H2,1H3. The summed E-state index contributed by atoms with van der Waals surface area (Å²) in [7, 11) is 2.07. The minimum atomic E-state index is 0.115. The molecular weight excluding hydrogens is 202 g/mol. The van der Waals surface area contributed by atoms with Gasteiger partial charge in [-0.15, -0.1) is 0 Å². The highest BCUT2D eigenvalue weighted by molar-refractivity contribution is 5.84. The average Bonchev–Trinajstić information content (AvgIpc) is 3.04. The van der Waals surface area contributed by atoms with Gasteiger partial charge in [0.05, 0.1) is 6.42 Å². The molecule has 1 amide bonds. The molecule has 1 aliphatic carbocycles. The number of nitrogens with two attached hydrogens (primary N) is 1. The molecule has 1 unspecified atom stereocenters. The maximum absolute atomic E-state index is 11.9. The van der Waals surface area contributed by atoms with E-state index < -0.39 is 0 Å². The third kappa shape index (κ3) is 1.44. The quantitative estimate of drug-likeness (QED) is 0.739. The van der Waals surface area contributed by atoms with Crippen LogP contribution in [0.3, 0.4) is 0 Å². The fourth-order valence-electron chi connectivity index (χ4n) is 2.89. The lowest BCUT2D eigenvalue weighted by molar-refractivity contribution is -0.128. The van der Waals surface area contributed by atoms with Crippen LogP contribution in [0.4, 0.5) is 0 Å². The molecule has 2 N–H and O–H groups in total. The summed E-state index contributed by atoms with van der Waals surface area (Å²) < 4.78 is 0. The van der Waals surface area contributed by atoms with Crippen LogP contribution in [0.5, 0.6) is 0 Å². The van der Waals surface area contributed by atoms with Crippen molar-refractivity contribution in [2.75, 3.05) is 20.1 Å². The van der Waals surface area contributed by atoms with E-state index in [9.17, 15) is 4.79 Å². The summed E-state index contributed by atoms with van der Waals surface area (Å²) >= 11 is 0. The molecule has 1 saturated carbocycles. The predicted molar refractivity (Wildman–Crippen MR) is 61.3 cm³/mol. The van der Waals surface area contributed by atoms with Crippen LogP contribution in [0, 0.1) is 5.92 Å². The number of carbonyl (C=O) groups excluding carboxylic acids is 1. The van der Waals surface area contributed by atoms with Gasteiger partial charge in [0.25, 0.3) is 0 Å². The summed E-state index contributed by atoms with van der Waals surface area (Å²) in [5.41, 5.74) is 7.44. The van der Waals surface area contributed by atoms with Gasteiger partial charge < -0.3 is 10.6 Å². The van der Waals surface area contributed by atoms with Crippen LogP contribution in [0.15, 0.2) is 11.4 Å². The summed E-state index contributed by atoms with van der Waals surface area (Å²) in [5.74, 6) is 1.99. The smallest absolute Gasteiger partial charge is 0.232 e. The van der Waals surface area contributed by atoms with E-state index in [0.717, 1.165) is 25.3 Å². The van der Waals surface area contributed by atoms with Crippen molar-refractivity contribution in [3.63, 3.8) is 0 Å². The summed E-state index contributed by atoms with van der Waals surface area (Å²) in [6.07, 6.45) is 4.08. The van der Waals surface area contributed by atoms with E-state index in [4.69, 9.17) is 5.73 Å². The number of hydrogen-bond acceptors (Lipinski definition) is 3. The molecule has 2 aliphatic heterocycles. The van der Waals surface area contributed by atoms with E-state index >= 15 is 0 Å². The van der Waals surface area contributed by atoms with Gasteiger partial charge in [0.1, 0.15) is 5.82 Å². The summed E-state index contributed by atoms with van der Waals surface area (Å²) in [4.78, 5) is 16.0. The van der Waals surface area contributed by atoms with Crippen molar-refractivity contribution in [3.05, 3.63) is 11.4 Å². The zero-order valence-corrected chi connectivity index (χ0v) is 9.78. The second-order valence-corrected chi connectivity index (χ2v) is 5.21. The van der Waals surface area contributed by atoms with Gasteiger partial charge >= 0.3 is 0 Å². The Bertz CT molecular complexity index is 359. The van der Waals surface area contributed by atoms with Gasteiger partial charge in [0, 0.05) is 26.2 Å². The molecule has 2 heterocycles. The SMILES string of the molecule is CN1CCCN2C(=O)CC(C(N)C3CC3)=C12. The van der Waals surface area contributed by atoms with Crippen LogP contribution in [0.25, 0.3) is 0 Å². The Morgan fingerprint density at radius 2 is 2.12 bits per heavy atom. The van der Waals surface area contributed by atoms with E-state index in [2.05, 4.69) is 11.9 Å². The molecule has 4 nitrogen and oxygen atoms in total. The van der Waals surface area contributed by atoms with Crippen LogP contribution < -0.4 is 5.73 Å². The largest absolute Gasteiger partial charge is 0.361 e. The lowest BCUT2D eigenvalue weighted by Crippen LogP contribution is -2.41. The first-order valence-electron chi connectivity index (χ1n) is 6.18. The molecule has 1 saturated heterocycles. The van der Waals surface area contributed by atoms with Gasteiger partial charge in [0.15, 0.2) is 0 Å². The first-order chi connectivity index (χ1) is 7.68. The van der Waals surface area contributed by atoms with Gasteiger partial charge in [-0.05, 0) is 30.8 Å². The number of amides is 1. The predicted octanol–water partition coefficient (Wildman–Crippen LogP) is 0.503. The fraction of sp³-hybridized carbons (Fsp3) is 0.750. The molecule has 0 spiro atoms. The molecule has 3 rings (SSSR count). The Hall–Kier alpha value is -1.03. The number of hydrogen-bond donors (Lipinski definition) is 1. The van der Waals surface area contributed by atoms with Gasteiger partial charge in [-0.2, -0.15) is 0 Å². The summed E-state index contributed by atoms with van der Waals surface area (Å²) in [6.45, 7) is 1.92. The van der Waals surface area contributed by atoms with Crippen LogP contribution >= 0.6 is 0 Å². The fourth-order valence-corrected chi connectivity index (χ4v) is 2.89. The molecule has 0 aromatic rings. The van der Waals surface area contributed by atoms with Crippen LogP contribution in [-0.4, -0.2) is 41.9 Å². The third-order valence-electron chi connectivity index (χ3n) is 3.95. The van der Waals surface area contributed by atoms with Crippen molar-refractivity contribution in [1.82, 2.24) is 9.80 Å². The van der Waals surface area contributed by atoms with Crippen molar-refractivity contribution in [1.29, 1.82) is 0 Å². The van der Waals surface area contributed by atoms with Crippen molar-refractivity contribution in [2.24, 2.45) is 11.7 Å². The Kier molecular flexibility index (Phi) is 2.21. The third-order valence-corrected chi connectivity index (χ3v) is 3.95. The molecule has 0 aromatic heterocycles. The Morgan fingerprint density at radius 1 is 1.38 bits per heavy atom. The monoisotopic (exact) mass is 221 g/mol. The topological polar surface area (TPSA) is 49.6 Å². The molecule has 16 heavy (non-hydrogen) atoms. The van der Waals surface area contributed by atoms with Crippen molar-refractivity contribution >= 4 is 5.91 Å². The molecule has 2 fully saturated rings. The Labute approximate surface area is 96.1 Å². The van der Waals surface area contributed by atoms with Gasteiger partial charge in [0.2, 0.25) is 5.91 Å². The first kappa shape index (κ1) is 10.1. The Balaban J connectivity index is 1.93. The molecular formula is C12H19N3O. The normalized spacial score (nSPS) is 27.5. The van der Waals surface area contributed by atoms with E-state index in [1.807, 2.05) is 4.90 Å². The highest BCUT2D eigenvalue weighted by atomic mass is 16.2. The summed E-state index contributed by atoms with van der Waals surface area (Å²) in [5, 5.41) is 0. The second-order valence-electron chi connectivity index (χ2n) is 5.21. The van der Waals surface area contributed by atoms with Crippen molar-refractivity contribution in [2.45, 2.75) is 31.7 Å². The maximum Gasteiger partial charge on any atom is 0.232 e. The van der Waals surface area contributed by atoms with Gasteiger partial charge in [-0.1, -0.05) is 0 Å². The highest BCUT2D eigenvalue weighted by Crippen LogP contribution is 2.40. The molecule has 1 atom stereocenters. The van der Waals surface area contributed by atoms with Gasteiger partial charge in [-0.3, -0.25) is 9.69 Å². The van der Waals surface area contributed by atoms with E-state index in [-0.39, 0.29) is 11.9 Å². The minimum absolute atomic E-state index is 0.115. The minimum Gasteiger partial charge on any atom is -0.361 e. The Morgan fingerprint density at radius 3 is 2.81 bits per heavy atom.